The lowest BCUT2D eigenvalue weighted by Crippen LogP contribution is -2.44. The van der Waals surface area contributed by atoms with E-state index in [1.165, 1.54) is 4.90 Å². The van der Waals surface area contributed by atoms with E-state index < -0.39 is 30.7 Å². The summed E-state index contributed by atoms with van der Waals surface area (Å²) in [5.74, 6) is -1.52. The van der Waals surface area contributed by atoms with Gasteiger partial charge in [0, 0.05) is 13.6 Å². The first-order valence-corrected chi connectivity index (χ1v) is 9.40. The SMILES string of the molecule is Cc1ccc(CN(C)C(=O)COC(=O)CN2C(=O)NC3(CCCC3)C2=O)cc1. The van der Waals surface area contributed by atoms with Crippen LogP contribution in [0.3, 0.4) is 0 Å². The van der Waals surface area contributed by atoms with Gasteiger partial charge in [0.05, 0.1) is 0 Å². The molecule has 1 N–H and O–H groups in total. The van der Waals surface area contributed by atoms with E-state index in [1.807, 2.05) is 31.2 Å². The molecule has 8 heteroatoms. The Morgan fingerprint density at radius 2 is 1.82 bits per heavy atom. The van der Waals surface area contributed by atoms with Gasteiger partial charge in [-0.15, -0.1) is 0 Å². The van der Waals surface area contributed by atoms with Gasteiger partial charge in [0.15, 0.2) is 6.61 Å². The Balaban J connectivity index is 1.47. The number of hydrogen-bond acceptors (Lipinski definition) is 5. The molecule has 1 aromatic carbocycles. The second-order valence-electron chi connectivity index (χ2n) is 7.51. The van der Waals surface area contributed by atoms with Crippen molar-refractivity contribution < 1.29 is 23.9 Å². The van der Waals surface area contributed by atoms with Gasteiger partial charge in [-0.3, -0.25) is 19.3 Å². The summed E-state index contributed by atoms with van der Waals surface area (Å²) in [4.78, 5) is 51.1. The molecule has 0 radical (unpaired) electrons. The van der Waals surface area contributed by atoms with Gasteiger partial charge in [-0.1, -0.05) is 42.7 Å². The van der Waals surface area contributed by atoms with Crippen LogP contribution >= 0.6 is 0 Å². The zero-order valence-corrected chi connectivity index (χ0v) is 16.2. The number of imide groups is 1. The van der Waals surface area contributed by atoms with E-state index in [9.17, 15) is 19.2 Å². The predicted molar refractivity (Wildman–Crippen MR) is 100 cm³/mol. The number of hydrogen-bond donors (Lipinski definition) is 1. The molecular weight excluding hydrogens is 362 g/mol. The van der Waals surface area contributed by atoms with Gasteiger partial charge in [-0.2, -0.15) is 0 Å². The van der Waals surface area contributed by atoms with Crippen LogP contribution < -0.4 is 5.32 Å². The molecule has 0 aromatic heterocycles. The van der Waals surface area contributed by atoms with E-state index in [4.69, 9.17) is 4.74 Å². The van der Waals surface area contributed by atoms with Crippen molar-refractivity contribution >= 4 is 23.8 Å². The summed E-state index contributed by atoms with van der Waals surface area (Å²) in [6.07, 6.45) is 2.91. The number of likely N-dealkylation sites (N-methyl/N-ethyl adjacent to an activating group) is 1. The Labute approximate surface area is 163 Å². The van der Waals surface area contributed by atoms with Crippen molar-refractivity contribution in [3.8, 4) is 0 Å². The molecule has 3 rings (SSSR count). The summed E-state index contributed by atoms with van der Waals surface area (Å²) in [7, 11) is 1.62. The maximum absolute atomic E-state index is 12.5. The van der Waals surface area contributed by atoms with Crippen LogP contribution in [0, 0.1) is 6.92 Å². The zero-order valence-electron chi connectivity index (χ0n) is 16.2. The van der Waals surface area contributed by atoms with Crippen molar-refractivity contribution in [3.05, 3.63) is 35.4 Å². The van der Waals surface area contributed by atoms with Crippen molar-refractivity contribution in [1.29, 1.82) is 0 Å². The number of carbonyl (C=O) groups excluding carboxylic acids is 4. The molecule has 1 aliphatic carbocycles. The number of rotatable bonds is 6. The third-order valence-corrected chi connectivity index (χ3v) is 5.31. The second kappa shape index (κ2) is 8.00. The average molecular weight is 387 g/mol. The molecule has 1 saturated heterocycles. The monoisotopic (exact) mass is 387 g/mol. The van der Waals surface area contributed by atoms with Crippen molar-refractivity contribution in [2.45, 2.75) is 44.7 Å². The molecule has 1 aliphatic heterocycles. The Morgan fingerprint density at radius 1 is 1.18 bits per heavy atom. The highest BCUT2D eigenvalue weighted by Gasteiger charge is 2.52. The van der Waals surface area contributed by atoms with Crippen LogP contribution in [0.2, 0.25) is 0 Å². The number of benzene rings is 1. The number of esters is 1. The summed E-state index contributed by atoms with van der Waals surface area (Å²) in [6, 6.07) is 7.21. The van der Waals surface area contributed by atoms with Crippen LogP contribution in [-0.2, 0) is 25.7 Å². The van der Waals surface area contributed by atoms with E-state index in [2.05, 4.69) is 5.32 Å². The van der Waals surface area contributed by atoms with Crippen LogP contribution in [0.4, 0.5) is 4.79 Å². The molecule has 2 aliphatic rings. The summed E-state index contributed by atoms with van der Waals surface area (Å²) < 4.78 is 4.99. The van der Waals surface area contributed by atoms with E-state index in [0.29, 0.717) is 19.4 Å². The molecule has 150 valence electrons. The van der Waals surface area contributed by atoms with Gasteiger partial charge in [0.25, 0.3) is 11.8 Å². The molecule has 1 saturated carbocycles. The van der Waals surface area contributed by atoms with Crippen LogP contribution in [0.15, 0.2) is 24.3 Å². The average Bonchev–Trinajstić information content (AvgIpc) is 3.22. The topological polar surface area (TPSA) is 96.0 Å². The van der Waals surface area contributed by atoms with E-state index in [0.717, 1.165) is 28.9 Å². The predicted octanol–water partition coefficient (Wildman–Crippen LogP) is 1.36. The zero-order chi connectivity index (χ0) is 20.3. The molecule has 1 aromatic rings. The van der Waals surface area contributed by atoms with Crippen LogP contribution in [0.25, 0.3) is 0 Å². The highest BCUT2D eigenvalue weighted by atomic mass is 16.5. The lowest BCUT2D eigenvalue weighted by atomic mass is 9.98. The fourth-order valence-corrected chi connectivity index (χ4v) is 3.62. The van der Waals surface area contributed by atoms with Crippen LogP contribution in [-0.4, -0.2) is 59.4 Å². The Kier molecular flexibility index (Phi) is 5.67. The minimum atomic E-state index is -0.860. The number of nitrogens with one attached hydrogen (secondary N) is 1. The maximum Gasteiger partial charge on any atom is 0.326 e. The fourth-order valence-electron chi connectivity index (χ4n) is 3.62. The maximum atomic E-state index is 12.5. The van der Waals surface area contributed by atoms with Crippen molar-refractivity contribution in [3.63, 3.8) is 0 Å². The fraction of sp³-hybridized carbons (Fsp3) is 0.500. The van der Waals surface area contributed by atoms with Crippen molar-refractivity contribution in [2.75, 3.05) is 20.2 Å². The molecule has 0 bridgehead atoms. The first-order chi connectivity index (χ1) is 13.3. The molecule has 2 fully saturated rings. The van der Waals surface area contributed by atoms with Crippen LogP contribution in [0.1, 0.15) is 36.8 Å². The van der Waals surface area contributed by atoms with E-state index in [1.54, 1.807) is 7.05 Å². The molecular formula is C20H25N3O5. The number of ether oxygens (including phenoxy) is 1. The Bertz CT molecular complexity index is 784. The van der Waals surface area contributed by atoms with Gasteiger partial charge in [-0.25, -0.2) is 4.79 Å². The highest BCUT2D eigenvalue weighted by molar-refractivity contribution is 6.08. The summed E-state index contributed by atoms with van der Waals surface area (Å²) in [5.41, 5.74) is 1.24. The van der Waals surface area contributed by atoms with Gasteiger partial charge in [0.2, 0.25) is 0 Å². The third-order valence-electron chi connectivity index (χ3n) is 5.31. The van der Waals surface area contributed by atoms with E-state index in [-0.39, 0.29) is 11.8 Å². The molecule has 1 heterocycles. The highest BCUT2D eigenvalue weighted by Crippen LogP contribution is 2.34. The lowest BCUT2D eigenvalue weighted by Gasteiger charge is -2.20. The third kappa shape index (κ3) is 4.16. The number of carbonyl (C=O) groups is 4. The quantitative estimate of drug-likeness (QED) is 0.587. The second-order valence-corrected chi connectivity index (χ2v) is 7.51. The number of aryl methyl sites for hydroxylation is 1. The number of urea groups is 1. The molecule has 4 amide bonds. The standard InChI is InChI=1S/C20H25N3O5/c1-14-5-7-15(8-6-14)11-22(2)16(24)13-28-17(25)12-23-18(26)20(21-19(23)27)9-3-4-10-20/h5-8H,3-4,9-13H2,1-2H3,(H,21,27). The summed E-state index contributed by atoms with van der Waals surface area (Å²) in [5, 5.41) is 2.70. The molecule has 28 heavy (non-hydrogen) atoms. The molecule has 8 nitrogen and oxygen atoms in total. The van der Waals surface area contributed by atoms with Gasteiger partial charge >= 0.3 is 12.0 Å². The molecule has 0 unspecified atom stereocenters. The van der Waals surface area contributed by atoms with Gasteiger partial charge < -0.3 is 15.0 Å². The van der Waals surface area contributed by atoms with Crippen molar-refractivity contribution in [2.24, 2.45) is 0 Å². The van der Waals surface area contributed by atoms with Crippen LogP contribution in [0.5, 0.6) is 0 Å². The largest absolute Gasteiger partial charge is 0.454 e. The smallest absolute Gasteiger partial charge is 0.326 e. The first-order valence-electron chi connectivity index (χ1n) is 9.40. The minimum absolute atomic E-state index is 0.363. The minimum Gasteiger partial charge on any atom is -0.454 e. The van der Waals surface area contributed by atoms with Gasteiger partial charge in [0.1, 0.15) is 12.1 Å². The van der Waals surface area contributed by atoms with Gasteiger partial charge in [-0.05, 0) is 25.3 Å². The summed E-state index contributed by atoms with van der Waals surface area (Å²) >= 11 is 0. The molecule has 1 spiro atoms. The first kappa shape index (κ1) is 19.9. The number of amides is 4. The number of nitrogens with zero attached hydrogens (tertiary/aromatic N) is 2. The van der Waals surface area contributed by atoms with Crippen molar-refractivity contribution in [1.82, 2.24) is 15.1 Å². The normalized spacial score (nSPS) is 17.7. The summed E-state index contributed by atoms with van der Waals surface area (Å²) in [6.45, 7) is 1.46. The Hall–Kier alpha value is -2.90. The Morgan fingerprint density at radius 3 is 2.46 bits per heavy atom. The molecule has 0 atom stereocenters. The van der Waals surface area contributed by atoms with E-state index >= 15 is 0 Å². The lowest BCUT2D eigenvalue weighted by molar-refractivity contribution is -0.153.